The van der Waals surface area contributed by atoms with Gasteiger partial charge in [0.15, 0.2) is 5.78 Å². The van der Waals surface area contributed by atoms with Gasteiger partial charge in [0.05, 0.1) is 10.0 Å². The molecule has 0 bridgehead atoms. The smallest absolute Gasteiger partial charge is 0.167 e. The second kappa shape index (κ2) is 5.77. The van der Waals surface area contributed by atoms with Crippen LogP contribution in [0.25, 0.3) is 0 Å². The SMILES string of the molecule is Cc1cc(C)cc(C(=O)Cc2cccc(Cl)c2Cl)c1. The highest BCUT2D eigenvalue weighted by molar-refractivity contribution is 6.42. The van der Waals surface area contributed by atoms with Crippen molar-refractivity contribution in [3.8, 4) is 0 Å². The number of hydrogen-bond acceptors (Lipinski definition) is 1. The van der Waals surface area contributed by atoms with Crippen molar-refractivity contribution in [2.45, 2.75) is 20.3 Å². The van der Waals surface area contributed by atoms with E-state index in [4.69, 9.17) is 23.2 Å². The summed E-state index contributed by atoms with van der Waals surface area (Å²) in [6, 6.07) is 11.2. The lowest BCUT2D eigenvalue weighted by Gasteiger charge is -2.07. The van der Waals surface area contributed by atoms with E-state index in [1.54, 1.807) is 12.1 Å². The molecule has 0 aliphatic heterocycles. The van der Waals surface area contributed by atoms with E-state index in [0.717, 1.165) is 16.7 Å². The van der Waals surface area contributed by atoms with Crippen molar-refractivity contribution in [1.82, 2.24) is 0 Å². The van der Waals surface area contributed by atoms with Crippen LogP contribution < -0.4 is 0 Å². The lowest BCUT2D eigenvalue weighted by molar-refractivity contribution is 0.0993. The molecule has 0 fully saturated rings. The molecule has 1 nitrogen and oxygen atoms in total. The lowest BCUT2D eigenvalue weighted by atomic mass is 9.99. The van der Waals surface area contributed by atoms with Crippen molar-refractivity contribution in [1.29, 1.82) is 0 Å². The fraction of sp³-hybridized carbons (Fsp3) is 0.188. The first-order chi connectivity index (χ1) is 8.97. The third-order valence-corrected chi connectivity index (χ3v) is 3.78. The van der Waals surface area contributed by atoms with Crippen molar-refractivity contribution in [3.63, 3.8) is 0 Å². The van der Waals surface area contributed by atoms with Gasteiger partial charge in [0, 0.05) is 12.0 Å². The van der Waals surface area contributed by atoms with Crippen LogP contribution in [-0.2, 0) is 6.42 Å². The monoisotopic (exact) mass is 292 g/mol. The van der Waals surface area contributed by atoms with Gasteiger partial charge in [-0.3, -0.25) is 4.79 Å². The van der Waals surface area contributed by atoms with Crippen LogP contribution in [0.2, 0.25) is 10.0 Å². The number of halogens is 2. The summed E-state index contributed by atoms with van der Waals surface area (Å²) in [5, 5.41) is 0.939. The number of carbonyl (C=O) groups excluding carboxylic acids is 1. The molecule has 0 saturated carbocycles. The van der Waals surface area contributed by atoms with Gasteiger partial charge in [0.2, 0.25) is 0 Å². The zero-order valence-corrected chi connectivity index (χ0v) is 12.3. The molecule has 0 aliphatic rings. The normalized spacial score (nSPS) is 10.5. The van der Waals surface area contributed by atoms with Gasteiger partial charge in [-0.05, 0) is 37.6 Å². The Labute approximate surface area is 123 Å². The molecule has 0 N–H and O–H groups in total. The number of ketones is 1. The molecule has 0 aromatic heterocycles. The fourth-order valence-electron chi connectivity index (χ4n) is 2.10. The Hall–Kier alpha value is -1.31. The lowest BCUT2D eigenvalue weighted by Crippen LogP contribution is -2.05. The van der Waals surface area contributed by atoms with Crippen LogP contribution in [0, 0.1) is 13.8 Å². The summed E-state index contributed by atoms with van der Waals surface area (Å²) in [7, 11) is 0. The second-order valence-corrected chi connectivity index (χ2v) is 5.47. The van der Waals surface area contributed by atoms with Crippen molar-refractivity contribution < 1.29 is 4.79 Å². The number of benzene rings is 2. The van der Waals surface area contributed by atoms with E-state index < -0.39 is 0 Å². The van der Waals surface area contributed by atoms with Gasteiger partial charge < -0.3 is 0 Å². The van der Waals surface area contributed by atoms with Crippen LogP contribution in [-0.4, -0.2) is 5.78 Å². The average Bonchev–Trinajstić information content (AvgIpc) is 2.33. The van der Waals surface area contributed by atoms with E-state index in [2.05, 4.69) is 0 Å². The first kappa shape index (κ1) is 14.1. The topological polar surface area (TPSA) is 17.1 Å². The molecule has 0 unspecified atom stereocenters. The first-order valence-electron chi connectivity index (χ1n) is 6.02. The Kier molecular flexibility index (Phi) is 4.28. The molecule has 0 aliphatic carbocycles. The molecule has 0 heterocycles. The quantitative estimate of drug-likeness (QED) is 0.725. The van der Waals surface area contributed by atoms with Crippen molar-refractivity contribution in [2.75, 3.05) is 0 Å². The van der Waals surface area contributed by atoms with Crippen molar-refractivity contribution in [2.24, 2.45) is 0 Å². The number of carbonyl (C=O) groups is 1. The van der Waals surface area contributed by atoms with E-state index in [1.165, 1.54) is 0 Å². The summed E-state index contributed by atoms with van der Waals surface area (Å²) in [4.78, 5) is 12.3. The molecule has 19 heavy (non-hydrogen) atoms. The molecule has 0 spiro atoms. The molecule has 2 rings (SSSR count). The summed E-state index contributed by atoms with van der Waals surface area (Å²) in [5.74, 6) is 0.0518. The van der Waals surface area contributed by atoms with E-state index in [0.29, 0.717) is 15.6 Å². The Morgan fingerprint density at radius 1 is 1.05 bits per heavy atom. The van der Waals surface area contributed by atoms with Crippen LogP contribution in [0.4, 0.5) is 0 Å². The highest BCUT2D eigenvalue weighted by Gasteiger charge is 2.12. The van der Waals surface area contributed by atoms with E-state index >= 15 is 0 Å². The van der Waals surface area contributed by atoms with Crippen molar-refractivity contribution >= 4 is 29.0 Å². The third-order valence-electron chi connectivity index (χ3n) is 2.93. The molecular formula is C16H14Cl2O. The predicted molar refractivity (Wildman–Crippen MR) is 80.4 cm³/mol. The minimum atomic E-state index is 0.0518. The van der Waals surface area contributed by atoms with Gasteiger partial charge >= 0.3 is 0 Å². The molecule has 2 aromatic rings. The molecule has 0 radical (unpaired) electrons. The first-order valence-corrected chi connectivity index (χ1v) is 6.77. The van der Waals surface area contributed by atoms with Crippen molar-refractivity contribution in [3.05, 3.63) is 68.7 Å². The van der Waals surface area contributed by atoms with Crippen LogP contribution in [0.3, 0.4) is 0 Å². The molecule has 0 saturated heterocycles. The van der Waals surface area contributed by atoms with Gasteiger partial charge in [-0.1, -0.05) is 52.5 Å². The largest absolute Gasteiger partial charge is 0.294 e. The summed E-state index contributed by atoms with van der Waals surface area (Å²) in [6.45, 7) is 3.96. The summed E-state index contributed by atoms with van der Waals surface area (Å²) in [6.07, 6.45) is 0.266. The van der Waals surface area contributed by atoms with E-state index in [-0.39, 0.29) is 12.2 Å². The Bertz CT molecular complexity index is 612. The Morgan fingerprint density at radius 3 is 2.32 bits per heavy atom. The zero-order valence-electron chi connectivity index (χ0n) is 10.8. The van der Waals surface area contributed by atoms with Gasteiger partial charge in [-0.15, -0.1) is 0 Å². The summed E-state index contributed by atoms with van der Waals surface area (Å²) >= 11 is 12.1. The average molecular weight is 293 g/mol. The maximum absolute atomic E-state index is 12.3. The highest BCUT2D eigenvalue weighted by atomic mass is 35.5. The maximum Gasteiger partial charge on any atom is 0.167 e. The van der Waals surface area contributed by atoms with Gasteiger partial charge in [0.25, 0.3) is 0 Å². The fourth-order valence-corrected chi connectivity index (χ4v) is 2.48. The third kappa shape index (κ3) is 3.37. The molecular weight excluding hydrogens is 279 g/mol. The van der Waals surface area contributed by atoms with E-state index in [9.17, 15) is 4.79 Å². The van der Waals surface area contributed by atoms with Crippen LogP contribution in [0.1, 0.15) is 27.0 Å². The van der Waals surface area contributed by atoms with Gasteiger partial charge in [0.1, 0.15) is 0 Å². The van der Waals surface area contributed by atoms with E-state index in [1.807, 2.05) is 38.1 Å². The van der Waals surface area contributed by atoms with Crippen LogP contribution in [0.5, 0.6) is 0 Å². The standard InChI is InChI=1S/C16H14Cl2O/c1-10-6-11(2)8-13(7-10)15(19)9-12-4-3-5-14(17)16(12)18/h3-8H,9H2,1-2H3. The van der Waals surface area contributed by atoms with Crippen LogP contribution in [0.15, 0.2) is 36.4 Å². The number of Topliss-reactive ketones (excluding diaryl/α,β-unsaturated/α-hetero) is 1. The second-order valence-electron chi connectivity index (χ2n) is 4.69. The van der Waals surface area contributed by atoms with Gasteiger partial charge in [-0.2, -0.15) is 0 Å². The molecule has 98 valence electrons. The number of aryl methyl sites for hydroxylation is 2. The number of hydrogen-bond donors (Lipinski definition) is 0. The highest BCUT2D eigenvalue weighted by Crippen LogP contribution is 2.26. The minimum Gasteiger partial charge on any atom is -0.294 e. The number of rotatable bonds is 3. The molecule has 0 amide bonds. The Balaban J connectivity index is 2.28. The maximum atomic E-state index is 12.3. The summed E-state index contributed by atoms with van der Waals surface area (Å²) in [5.41, 5.74) is 3.65. The minimum absolute atomic E-state index is 0.0518. The van der Waals surface area contributed by atoms with Crippen LogP contribution >= 0.6 is 23.2 Å². The molecule has 3 heteroatoms. The summed E-state index contributed by atoms with van der Waals surface area (Å²) < 4.78 is 0. The predicted octanol–water partition coefficient (Wildman–Crippen LogP) is 5.04. The molecule has 2 aromatic carbocycles. The zero-order chi connectivity index (χ0) is 14.0. The molecule has 0 atom stereocenters. The Morgan fingerprint density at radius 2 is 1.68 bits per heavy atom. The van der Waals surface area contributed by atoms with Gasteiger partial charge in [-0.25, -0.2) is 0 Å².